The molecule has 4 nitrogen and oxygen atoms in total. The molecule has 0 aromatic heterocycles. The summed E-state index contributed by atoms with van der Waals surface area (Å²) < 4.78 is 5.33. The van der Waals surface area contributed by atoms with Gasteiger partial charge in [-0.1, -0.05) is 38.3 Å². The van der Waals surface area contributed by atoms with Crippen molar-refractivity contribution in [1.29, 1.82) is 0 Å². The first kappa shape index (κ1) is 15.7. The second-order valence-electron chi connectivity index (χ2n) is 5.92. The molecule has 0 saturated heterocycles. The average Bonchev–Trinajstić information content (AvgIpc) is 2.71. The summed E-state index contributed by atoms with van der Waals surface area (Å²) in [7, 11) is 1.61. The number of aliphatic carboxylic acids is 1. The van der Waals surface area contributed by atoms with Crippen molar-refractivity contribution in [2.24, 2.45) is 5.92 Å². The Morgan fingerprint density at radius 2 is 2.14 bits per heavy atom. The van der Waals surface area contributed by atoms with Gasteiger partial charge in [-0.2, -0.15) is 0 Å². The Labute approximate surface area is 126 Å². The van der Waals surface area contributed by atoms with Crippen molar-refractivity contribution in [3.63, 3.8) is 0 Å². The van der Waals surface area contributed by atoms with Crippen LogP contribution in [-0.2, 0) is 4.79 Å². The molecule has 1 aromatic rings. The SMILES string of the molecule is CCC1CCCC(Nc2ccccc2OC)(C(=O)O)CC1. The van der Waals surface area contributed by atoms with Crippen molar-refractivity contribution >= 4 is 11.7 Å². The zero-order chi connectivity index (χ0) is 15.3. The highest BCUT2D eigenvalue weighted by atomic mass is 16.5. The Hall–Kier alpha value is -1.71. The first-order valence-electron chi connectivity index (χ1n) is 7.76. The van der Waals surface area contributed by atoms with Crippen LogP contribution in [0.5, 0.6) is 5.75 Å². The number of methoxy groups -OCH3 is 1. The van der Waals surface area contributed by atoms with E-state index in [1.807, 2.05) is 24.3 Å². The highest BCUT2D eigenvalue weighted by Gasteiger charge is 2.40. The van der Waals surface area contributed by atoms with E-state index < -0.39 is 11.5 Å². The number of hydrogen-bond donors (Lipinski definition) is 2. The summed E-state index contributed by atoms with van der Waals surface area (Å²) in [6, 6.07) is 7.51. The molecule has 1 aliphatic rings. The molecule has 0 spiro atoms. The van der Waals surface area contributed by atoms with Crippen LogP contribution >= 0.6 is 0 Å². The quantitative estimate of drug-likeness (QED) is 0.807. The standard InChI is InChI=1S/C17H25NO3/c1-3-13-7-6-11-17(12-10-13,16(19)20)18-14-8-4-5-9-15(14)21-2/h4-5,8-9,13,18H,3,6-7,10-12H2,1-2H3,(H,19,20). The predicted molar refractivity (Wildman–Crippen MR) is 83.8 cm³/mol. The molecular formula is C17H25NO3. The molecule has 0 amide bonds. The van der Waals surface area contributed by atoms with E-state index in [9.17, 15) is 9.90 Å². The minimum Gasteiger partial charge on any atom is -0.495 e. The summed E-state index contributed by atoms with van der Waals surface area (Å²) in [5, 5.41) is 13.1. The lowest BCUT2D eigenvalue weighted by atomic mass is 9.89. The molecule has 2 atom stereocenters. The van der Waals surface area contributed by atoms with Gasteiger partial charge in [-0.25, -0.2) is 4.79 Å². The van der Waals surface area contributed by atoms with Crippen LogP contribution in [0.2, 0.25) is 0 Å². The molecule has 21 heavy (non-hydrogen) atoms. The van der Waals surface area contributed by atoms with E-state index >= 15 is 0 Å². The van der Waals surface area contributed by atoms with Crippen LogP contribution in [0.15, 0.2) is 24.3 Å². The van der Waals surface area contributed by atoms with Gasteiger partial charge >= 0.3 is 5.97 Å². The number of hydrogen-bond acceptors (Lipinski definition) is 3. The van der Waals surface area contributed by atoms with Gasteiger partial charge in [-0.15, -0.1) is 0 Å². The molecule has 0 heterocycles. The molecule has 2 rings (SSSR count). The van der Waals surface area contributed by atoms with Crippen molar-refractivity contribution in [2.45, 2.75) is 51.0 Å². The van der Waals surface area contributed by atoms with Crippen LogP contribution in [0.3, 0.4) is 0 Å². The summed E-state index contributed by atoms with van der Waals surface area (Å²) in [5.74, 6) is 0.574. The molecule has 1 saturated carbocycles. The Balaban J connectivity index is 2.24. The van der Waals surface area contributed by atoms with Gasteiger partial charge < -0.3 is 15.2 Å². The lowest BCUT2D eigenvalue weighted by Gasteiger charge is -2.31. The number of anilines is 1. The summed E-state index contributed by atoms with van der Waals surface area (Å²) in [6.45, 7) is 2.19. The summed E-state index contributed by atoms with van der Waals surface area (Å²) in [6.07, 6.45) is 5.50. The van der Waals surface area contributed by atoms with E-state index in [2.05, 4.69) is 12.2 Å². The number of carboxylic acids is 1. The average molecular weight is 291 g/mol. The number of ether oxygens (including phenoxy) is 1. The number of carbonyl (C=O) groups is 1. The molecule has 1 aliphatic carbocycles. The maximum absolute atomic E-state index is 11.9. The number of nitrogens with one attached hydrogen (secondary N) is 1. The van der Waals surface area contributed by atoms with Gasteiger partial charge in [0, 0.05) is 0 Å². The van der Waals surface area contributed by atoms with Crippen molar-refractivity contribution in [1.82, 2.24) is 0 Å². The predicted octanol–water partition coefficient (Wildman–Crippen LogP) is 3.92. The van der Waals surface area contributed by atoms with Gasteiger partial charge in [0.25, 0.3) is 0 Å². The third kappa shape index (κ3) is 3.49. The lowest BCUT2D eigenvalue weighted by Crippen LogP contribution is -2.46. The van der Waals surface area contributed by atoms with Crippen molar-refractivity contribution in [2.75, 3.05) is 12.4 Å². The molecule has 1 fully saturated rings. The summed E-state index contributed by atoms with van der Waals surface area (Å²) >= 11 is 0. The molecule has 0 bridgehead atoms. The monoisotopic (exact) mass is 291 g/mol. The van der Waals surface area contributed by atoms with Crippen molar-refractivity contribution < 1.29 is 14.6 Å². The molecular weight excluding hydrogens is 266 g/mol. The zero-order valence-corrected chi connectivity index (χ0v) is 12.9. The van der Waals surface area contributed by atoms with Gasteiger partial charge in [0.15, 0.2) is 0 Å². The van der Waals surface area contributed by atoms with Crippen LogP contribution in [0.25, 0.3) is 0 Å². The normalized spacial score (nSPS) is 25.9. The van der Waals surface area contributed by atoms with Crippen LogP contribution in [0.1, 0.15) is 45.4 Å². The van der Waals surface area contributed by atoms with Crippen LogP contribution in [-0.4, -0.2) is 23.7 Å². The minimum absolute atomic E-state index is 0.644. The van der Waals surface area contributed by atoms with Crippen LogP contribution in [0.4, 0.5) is 5.69 Å². The van der Waals surface area contributed by atoms with E-state index in [-0.39, 0.29) is 0 Å². The number of benzene rings is 1. The van der Waals surface area contributed by atoms with Crippen molar-refractivity contribution in [3.05, 3.63) is 24.3 Å². The Morgan fingerprint density at radius 3 is 2.81 bits per heavy atom. The van der Waals surface area contributed by atoms with E-state index in [1.165, 1.54) is 0 Å². The van der Waals surface area contributed by atoms with Crippen molar-refractivity contribution in [3.8, 4) is 5.75 Å². The van der Waals surface area contributed by atoms with Crippen LogP contribution < -0.4 is 10.1 Å². The minimum atomic E-state index is -0.876. The first-order valence-corrected chi connectivity index (χ1v) is 7.76. The molecule has 0 radical (unpaired) electrons. The lowest BCUT2D eigenvalue weighted by molar-refractivity contribution is -0.142. The smallest absolute Gasteiger partial charge is 0.329 e. The third-order valence-electron chi connectivity index (χ3n) is 4.66. The first-order chi connectivity index (χ1) is 10.1. The second-order valence-corrected chi connectivity index (χ2v) is 5.92. The number of para-hydroxylation sites is 2. The highest BCUT2D eigenvalue weighted by molar-refractivity contribution is 5.83. The fourth-order valence-corrected chi connectivity index (χ4v) is 3.22. The van der Waals surface area contributed by atoms with E-state index in [1.54, 1.807) is 7.11 Å². The maximum Gasteiger partial charge on any atom is 0.329 e. The maximum atomic E-state index is 11.9. The van der Waals surface area contributed by atoms with Gasteiger partial charge in [-0.3, -0.25) is 0 Å². The van der Waals surface area contributed by atoms with Gasteiger partial charge in [0.2, 0.25) is 0 Å². The molecule has 2 unspecified atom stereocenters. The third-order valence-corrected chi connectivity index (χ3v) is 4.66. The van der Waals surface area contributed by atoms with E-state index in [0.29, 0.717) is 24.5 Å². The van der Waals surface area contributed by atoms with Crippen LogP contribution in [0, 0.1) is 5.92 Å². The van der Waals surface area contributed by atoms with Gasteiger partial charge in [-0.05, 0) is 37.3 Å². The molecule has 1 aromatic carbocycles. The second kappa shape index (κ2) is 6.83. The zero-order valence-electron chi connectivity index (χ0n) is 12.9. The number of rotatable bonds is 5. The summed E-state index contributed by atoms with van der Waals surface area (Å²) in [4.78, 5) is 11.9. The van der Waals surface area contributed by atoms with Gasteiger partial charge in [0.05, 0.1) is 12.8 Å². The van der Waals surface area contributed by atoms with Gasteiger partial charge in [0.1, 0.15) is 11.3 Å². The Bertz CT molecular complexity index is 489. The molecule has 4 heteroatoms. The Kier molecular flexibility index (Phi) is 5.10. The highest BCUT2D eigenvalue weighted by Crippen LogP contribution is 2.36. The fraction of sp³-hybridized carbons (Fsp3) is 0.588. The number of carboxylic acid groups (broad SMARTS) is 1. The molecule has 0 aliphatic heterocycles. The molecule has 116 valence electrons. The van der Waals surface area contributed by atoms with E-state index in [4.69, 9.17) is 4.74 Å². The fourth-order valence-electron chi connectivity index (χ4n) is 3.22. The Morgan fingerprint density at radius 1 is 1.38 bits per heavy atom. The topological polar surface area (TPSA) is 58.6 Å². The largest absolute Gasteiger partial charge is 0.495 e. The molecule has 2 N–H and O–H groups in total. The van der Waals surface area contributed by atoms with E-state index in [0.717, 1.165) is 31.4 Å². The summed E-state index contributed by atoms with van der Waals surface area (Å²) in [5.41, 5.74) is -0.115.